The van der Waals surface area contributed by atoms with Gasteiger partial charge < -0.3 is 15.0 Å². The first-order valence-corrected chi connectivity index (χ1v) is 11.0. The highest BCUT2D eigenvalue weighted by atomic mass is 16.5. The molecule has 4 rings (SSSR count). The highest BCUT2D eigenvalue weighted by Gasteiger charge is 2.47. The van der Waals surface area contributed by atoms with Crippen molar-refractivity contribution in [1.82, 2.24) is 10.2 Å². The van der Waals surface area contributed by atoms with Gasteiger partial charge in [-0.1, -0.05) is 61.4 Å². The molecule has 2 aromatic carbocycles. The molecule has 2 fully saturated rings. The second kappa shape index (κ2) is 9.77. The molecule has 31 heavy (non-hydrogen) atoms. The van der Waals surface area contributed by atoms with E-state index in [-0.39, 0.29) is 31.0 Å². The molecule has 0 radical (unpaired) electrons. The molecule has 1 aliphatic heterocycles. The highest BCUT2D eigenvalue weighted by Crippen LogP contribution is 2.40. The van der Waals surface area contributed by atoms with Gasteiger partial charge in [-0.05, 0) is 42.9 Å². The summed E-state index contributed by atoms with van der Waals surface area (Å²) in [5.41, 5.74) is 1.48. The average molecular weight is 421 g/mol. The maximum Gasteiger partial charge on any atom is 0.325 e. The van der Waals surface area contributed by atoms with Crippen molar-refractivity contribution in [2.45, 2.75) is 50.8 Å². The van der Waals surface area contributed by atoms with Crippen LogP contribution in [-0.4, -0.2) is 41.3 Å². The molecule has 1 saturated heterocycles. The molecule has 6 nitrogen and oxygen atoms in total. The predicted octanol–water partition coefficient (Wildman–Crippen LogP) is 3.32. The first-order valence-electron chi connectivity index (χ1n) is 11.0. The Morgan fingerprint density at radius 3 is 2.35 bits per heavy atom. The number of carbonyl (C=O) groups excluding carboxylic acids is 3. The number of nitrogens with one attached hydrogen (secondary N) is 1. The minimum absolute atomic E-state index is 0.0854. The third-order valence-corrected chi connectivity index (χ3v) is 6.30. The number of benzene rings is 2. The number of carbonyl (C=O) groups is 3. The Kier molecular flexibility index (Phi) is 6.65. The van der Waals surface area contributed by atoms with Crippen molar-refractivity contribution in [3.63, 3.8) is 0 Å². The fourth-order valence-electron chi connectivity index (χ4n) is 4.78. The molecule has 1 N–H and O–H groups in total. The van der Waals surface area contributed by atoms with E-state index in [2.05, 4.69) is 5.32 Å². The monoisotopic (exact) mass is 420 g/mol. The normalized spacial score (nSPS) is 22.5. The zero-order valence-corrected chi connectivity index (χ0v) is 17.5. The van der Waals surface area contributed by atoms with E-state index in [9.17, 15) is 14.4 Å². The van der Waals surface area contributed by atoms with Gasteiger partial charge in [0, 0.05) is 11.6 Å². The smallest absolute Gasteiger partial charge is 0.325 e. The molecule has 1 aliphatic carbocycles. The summed E-state index contributed by atoms with van der Waals surface area (Å²) in [7, 11) is 0. The number of hydrogen-bond donors (Lipinski definition) is 1. The zero-order valence-electron chi connectivity index (χ0n) is 17.5. The molecule has 2 amide bonds. The molecule has 1 heterocycles. The van der Waals surface area contributed by atoms with Crippen molar-refractivity contribution in [2.24, 2.45) is 5.92 Å². The summed E-state index contributed by atoms with van der Waals surface area (Å²) in [4.78, 5) is 40.1. The lowest BCUT2D eigenvalue weighted by Gasteiger charge is -2.33. The van der Waals surface area contributed by atoms with Crippen molar-refractivity contribution >= 4 is 17.8 Å². The van der Waals surface area contributed by atoms with Gasteiger partial charge in [-0.2, -0.15) is 0 Å². The number of fused-ring (bicyclic) bond motifs is 1. The van der Waals surface area contributed by atoms with Crippen LogP contribution < -0.4 is 5.32 Å². The van der Waals surface area contributed by atoms with Crippen LogP contribution in [0.25, 0.3) is 0 Å². The molecule has 0 bridgehead atoms. The van der Waals surface area contributed by atoms with Crippen LogP contribution in [0, 0.1) is 5.92 Å². The molecular formula is C25H28N2O4. The van der Waals surface area contributed by atoms with Crippen LogP contribution in [0.15, 0.2) is 60.7 Å². The van der Waals surface area contributed by atoms with Gasteiger partial charge in [0.2, 0.25) is 5.91 Å². The number of amides is 2. The minimum Gasteiger partial charge on any atom is -0.460 e. The molecule has 0 aromatic heterocycles. The summed E-state index contributed by atoms with van der Waals surface area (Å²) in [6.07, 6.45) is 4.81. The predicted molar refractivity (Wildman–Crippen MR) is 116 cm³/mol. The van der Waals surface area contributed by atoms with Crippen LogP contribution >= 0.6 is 0 Å². The van der Waals surface area contributed by atoms with Gasteiger partial charge in [-0.25, -0.2) is 0 Å². The Bertz CT molecular complexity index is 916. The van der Waals surface area contributed by atoms with Crippen LogP contribution in [0.3, 0.4) is 0 Å². The van der Waals surface area contributed by atoms with Crippen LogP contribution in [0.5, 0.6) is 0 Å². The maximum atomic E-state index is 13.3. The van der Waals surface area contributed by atoms with Crippen molar-refractivity contribution < 1.29 is 19.1 Å². The van der Waals surface area contributed by atoms with Gasteiger partial charge >= 0.3 is 5.97 Å². The third kappa shape index (κ3) is 4.95. The van der Waals surface area contributed by atoms with Crippen molar-refractivity contribution in [3.05, 3.63) is 71.8 Å². The summed E-state index contributed by atoms with van der Waals surface area (Å²) in [5, 5.41) is 2.70. The number of likely N-dealkylation sites (tertiary alicyclic amines) is 1. The molecule has 162 valence electrons. The second-order valence-corrected chi connectivity index (χ2v) is 8.31. The van der Waals surface area contributed by atoms with E-state index in [1.54, 1.807) is 17.0 Å². The quantitative estimate of drug-likeness (QED) is 0.728. The van der Waals surface area contributed by atoms with Gasteiger partial charge in [-0.3, -0.25) is 14.4 Å². The largest absolute Gasteiger partial charge is 0.460 e. The Morgan fingerprint density at radius 1 is 0.935 bits per heavy atom. The number of rotatable bonds is 6. The van der Waals surface area contributed by atoms with E-state index in [4.69, 9.17) is 4.74 Å². The molecule has 1 saturated carbocycles. The lowest BCUT2D eigenvalue weighted by atomic mass is 9.84. The molecule has 2 aliphatic rings. The highest BCUT2D eigenvalue weighted by molar-refractivity contribution is 5.98. The lowest BCUT2D eigenvalue weighted by molar-refractivity contribution is -0.145. The summed E-state index contributed by atoms with van der Waals surface area (Å²) in [6, 6.07) is 18.0. The van der Waals surface area contributed by atoms with Gasteiger partial charge in [-0.15, -0.1) is 0 Å². The topological polar surface area (TPSA) is 75.7 Å². The van der Waals surface area contributed by atoms with Crippen LogP contribution in [0.2, 0.25) is 0 Å². The molecular weight excluding hydrogens is 392 g/mol. The minimum atomic E-state index is -0.553. The van der Waals surface area contributed by atoms with E-state index in [1.807, 2.05) is 48.5 Å². The fourth-order valence-corrected chi connectivity index (χ4v) is 4.78. The Morgan fingerprint density at radius 2 is 1.61 bits per heavy atom. The van der Waals surface area contributed by atoms with Gasteiger partial charge in [0.1, 0.15) is 19.2 Å². The standard InChI is InChI=1S/C25H28N2O4/c28-23(31-17-18-9-3-1-4-10-18)16-26-24(29)22-15-20-13-7-8-14-21(20)27(22)25(30)19-11-5-2-6-12-19/h1-6,9-12,20-22H,7-8,13-17H2,(H,26,29). The van der Waals surface area contributed by atoms with Gasteiger partial charge in [0.25, 0.3) is 5.91 Å². The number of hydrogen-bond acceptors (Lipinski definition) is 4. The first-order chi connectivity index (χ1) is 15.1. The van der Waals surface area contributed by atoms with Crippen LogP contribution in [0.4, 0.5) is 0 Å². The summed E-state index contributed by atoms with van der Waals surface area (Å²) in [5.74, 6) is -0.548. The van der Waals surface area contributed by atoms with E-state index in [1.165, 1.54) is 0 Å². The number of ether oxygens (including phenoxy) is 1. The Labute approximate surface area is 182 Å². The first kappa shape index (κ1) is 21.1. The SMILES string of the molecule is O=C(CNC(=O)C1CC2CCCCC2N1C(=O)c1ccccc1)OCc1ccccc1. The maximum absolute atomic E-state index is 13.3. The third-order valence-electron chi connectivity index (χ3n) is 6.30. The summed E-state index contributed by atoms with van der Waals surface area (Å²) >= 11 is 0. The molecule has 0 spiro atoms. The van der Waals surface area contributed by atoms with E-state index >= 15 is 0 Å². The number of esters is 1. The Hall–Kier alpha value is -3.15. The molecule has 3 unspecified atom stereocenters. The molecule has 6 heteroatoms. The van der Waals surface area contributed by atoms with Gasteiger partial charge in [0.15, 0.2) is 0 Å². The summed E-state index contributed by atoms with van der Waals surface area (Å²) in [6.45, 7) is -0.0351. The van der Waals surface area contributed by atoms with Crippen molar-refractivity contribution in [1.29, 1.82) is 0 Å². The van der Waals surface area contributed by atoms with Gasteiger partial charge in [0.05, 0.1) is 0 Å². The fraction of sp³-hybridized carbons (Fsp3) is 0.400. The number of nitrogens with zero attached hydrogens (tertiary/aromatic N) is 1. The van der Waals surface area contributed by atoms with Crippen LogP contribution in [-0.2, 0) is 20.9 Å². The van der Waals surface area contributed by atoms with Crippen LogP contribution in [0.1, 0.15) is 48.0 Å². The summed E-state index contributed by atoms with van der Waals surface area (Å²) < 4.78 is 5.25. The van der Waals surface area contributed by atoms with Crippen molar-refractivity contribution in [3.8, 4) is 0 Å². The van der Waals surface area contributed by atoms with E-state index in [0.29, 0.717) is 17.9 Å². The average Bonchev–Trinajstić information content (AvgIpc) is 3.21. The zero-order chi connectivity index (χ0) is 21.6. The van der Waals surface area contributed by atoms with E-state index in [0.717, 1.165) is 31.2 Å². The molecule has 3 atom stereocenters. The molecule has 2 aromatic rings. The van der Waals surface area contributed by atoms with Crippen molar-refractivity contribution in [2.75, 3.05) is 6.54 Å². The second-order valence-electron chi connectivity index (χ2n) is 8.31. The lowest BCUT2D eigenvalue weighted by Crippen LogP contribution is -2.50. The van der Waals surface area contributed by atoms with E-state index < -0.39 is 12.0 Å². The Balaban J connectivity index is 1.39.